The van der Waals surface area contributed by atoms with Gasteiger partial charge in [-0.15, -0.1) is 0 Å². The van der Waals surface area contributed by atoms with E-state index in [1.807, 2.05) is 18.2 Å². The number of ether oxygens (including phenoxy) is 2. The summed E-state index contributed by atoms with van der Waals surface area (Å²) >= 11 is 0. The van der Waals surface area contributed by atoms with Crippen LogP contribution in [0.25, 0.3) is 0 Å². The average molecular weight is 233 g/mol. The standard InChI is InChI=1S/C13H15NO3/c15-13-16-11-6-7-14(9-12(11)17-13)8-10-4-2-1-3-5-10/h1-5,11-12H,6-9H2/t11-,12-/m1/s1. The van der Waals surface area contributed by atoms with Gasteiger partial charge in [0, 0.05) is 26.1 Å². The minimum absolute atomic E-state index is 0.0328. The zero-order valence-corrected chi connectivity index (χ0v) is 9.54. The first-order chi connectivity index (χ1) is 8.31. The van der Waals surface area contributed by atoms with Crippen molar-refractivity contribution in [3.8, 4) is 0 Å². The fourth-order valence-corrected chi connectivity index (χ4v) is 2.47. The summed E-state index contributed by atoms with van der Waals surface area (Å²) in [5.41, 5.74) is 1.29. The van der Waals surface area contributed by atoms with Crippen LogP contribution >= 0.6 is 0 Å². The first-order valence-corrected chi connectivity index (χ1v) is 5.95. The van der Waals surface area contributed by atoms with Gasteiger partial charge in [0.25, 0.3) is 0 Å². The van der Waals surface area contributed by atoms with Crippen LogP contribution in [0.3, 0.4) is 0 Å². The molecule has 2 heterocycles. The number of fused-ring (bicyclic) bond motifs is 1. The fourth-order valence-electron chi connectivity index (χ4n) is 2.47. The van der Waals surface area contributed by atoms with Gasteiger partial charge in [-0.1, -0.05) is 30.3 Å². The van der Waals surface area contributed by atoms with E-state index in [0.29, 0.717) is 0 Å². The highest BCUT2D eigenvalue weighted by Crippen LogP contribution is 2.24. The number of rotatable bonds is 2. The van der Waals surface area contributed by atoms with Crippen LogP contribution in [-0.2, 0) is 16.0 Å². The minimum atomic E-state index is -0.512. The molecule has 0 unspecified atom stereocenters. The third-order valence-electron chi connectivity index (χ3n) is 3.33. The van der Waals surface area contributed by atoms with Gasteiger partial charge >= 0.3 is 6.16 Å². The summed E-state index contributed by atoms with van der Waals surface area (Å²) < 4.78 is 10.2. The van der Waals surface area contributed by atoms with Crippen molar-refractivity contribution < 1.29 is 14.3 Å². The van der Waals surface area contributed by atoms with E-state index >= 15 is 0 Å². The second-order valence-corrected chi connectivity index (χ2v) is 4.57. The summed E-state index contributed by atoms with van der Waals surface area (Å²) in [5.74, 6) is 0. The van der Waals surface area contributed by atoms with Crippen LogP contribution in [-0.4, -0.2) is 36.4 Å². The number of hydrogen-bond donors (Lipinski definition) is 0. The van der Waals surface area contributed by atoms with Crippen molar-refractivity contribution in [3.05, 3.63) is 35.9 Å². The van der Waals surface area contributed by atoms with E-state index in [1.165, 1.54) is 5.56 Å². The molecule has 0 aliphatic carbocycles. The number of piperidine rings is 1. The highest BCUT2D eigenvalue weighted by Gasteiger charge is 2.40. The van der Waals surface area contributed by atoms with Crippen molar-refractivity contribution in [2.24, 2.45) is 0 Å². The molecule has 0 radical (unpaired) electrons. The molecule has 90 valence electrons. The van der Waals surface area contributed by atoms with E-state index in [-0.39, 0.29) is 12.2 Å². The Bertz CT molecular complexity index is 406. The van der Waals surface area contributed by atoms with E-state index in [1.54, 1.807) is 0 Å². The van der Waals surface area contributed by atoms with E-state index in [0.717, 1.165) is 26.1 Å². The molecule has 2 aliphatic heterocycles. The predicted octanol–water partition coefficient (Wildman–Crippen LogP) is 1.80. The zero-order valence-electron chi connectivity index (χ0n) is 9.54. The van der Waals surface area contributed by atoms with Crippen molar-refractivity contribution in [1.29, 1.82) is 0 Å². The van der Waals surface area contributed by atoms with E-state index in [2.05, 4.69) is 17.0 Å². The van der Waals surface area contributed by atoms with Crippen molar-refractivity contribution in [2.45, 2.75) is 25.2 Å². The topological polar surface area (TPSA) is 38.8 Å². The summed E-state index contributed by atoms with van der Waals surface area (Å²) in [6.45, 7) is 2.62. The zero-order chi connectivity index (χ0) is 11.7. The number of carbonyl (C=O) groups is 1. The number of hydrogen-bond acceptors (Lipinski definition) is 4. The molecule has 0 aromatic heterocycles. The lowest BCUT2D eigenvalue weighted by Crippen LogP contribution is -2.44. The van der Waals surface area contributed by atoms with Crippen LogP contribution in [0.1, 0.15) is 12.0 Å². The summed E-state index contributed by atoms with van der Waals surface area (Å²) in [6.07, 6.45) is 0.236. The Kier molecular flexibility index (Phi) is 2.73. The molecular formula is C13H15NO3. The van der Waals surface area contributed by atoms with Crippen molar-refractivity contribution in [3.63, 3.8) is 0 Å². The molecule has 2 atom stereocenters. The molecule has 2 saturated heterocycles. The lowest BCUT2D eigenvalue weighted by Gasteiger charge is -2.31. The molecule has 3 rings (SSSR count). The van der Waals surface area contributed by atoms with E-state index in [4.69, 9.17) is 9.47 Å². The van der Waals surface area contributed by atoms with E-state index < -0.39 is 6.16 Å². The molecule has 17 heavy (non-hydrogen) atoms. The fraction of sp³-hybridized carbons (Fsp3) is 0.462. The van der Waals surface area contributed by atoms with Gasteiger partial charge in [-0.05, 0) is 5.56 Å². The molecule has 1 aromatic carbocycles. The molecule has 0 saturated carbocycles. The van der Waals surface area contributed by atoms with Crippen LogP contribution in [0.4, 0.5) is 4.79 Å². The van der Waals surface area contributed by atoms with Crippen molar-refractivity contribution >= 4 is 6.16 Å². The summed E-state index contributed by atoms with van der Waals surface area (Å²) in [7, 11) is 0. The number of carbonyl (C=O) groups excluding carboxylic acids is 1. The Morgan fingerprint density at radius 3 is 2.76 bits per heavy atom. The maximum Gasteiger partial charge on any atom is 0.509 e. The third-order valence-corrected chi connectivity index (χ3v) is 3.33. The van der Waals surface area contributed by atoms with Gasteiger partial charge < -0.3 is 9.47 Å². The van der Waals surface area contributed by atoms with Crippen LogP contribution in [0.5, 0.6) is 0 Å². The minimum Gasteiger partial charge on any atom is -0.427 e. The molecule has 0 spiro atoms. The maximum atomic E-state index is 11.0. The molecule has 4 nitrogen and oxygen atoms in total. The third kappa shape index (κ3) is 2.26. The maximum absolute atomic E-state index is 11.0. The van der Waals surface area contributed by atoms with Crippen LogP contribution < -0.4 is 0 Å². The van der Waals surface area contributed by atoms with Crippen LogP contribution in [0.2, 0.25) is 0 Å². The normalized spacial score (nSPS) is 28.4. The van der Waals surface area contributed by atoms with Gasteiger partial charge in [0.2, 0.25) is 0 Å². The van der Waals surface area contributed by atoms with Gasteiger partial charge in [0.15, 0.2) is 6.10 Å². The Morgan fingerprint density at radius 2 is 1.94 bits per heavy atom. The summed E-state index contributed by atoms with van der Waals surface area (Å²) in [6, 6.07) is 10.3. The number of likely N-dealkylation sites (tertiary alicyclic amines) is 1. The largest absolute Gasteiger partial charge is 0.509 e. The highest BCUT2D eigenvalue weighted by molar-refractivity contribution is 5.62. The predicted molar refractivity (Wildman–Crippen MR) is 61.5 cm³/mol. The SMILES string of the molecule is O=C1O[C@@H]2CCN(Cc3ccccc3)C[C@H]2O1. The summed E-state index contributed by atoms with van der Waals surface area (Å²) in [5, 5.41) is 0. The first kappa shape index (κ1) is 10.6. The Balaban J connectivity index is 1.61. The second kappa shape index (κ2) is 4.37. The van der Waals surface area contributed by atoms with Crippen LogP contribution in [0.15, 0.2) is 30.3 Å². The van der Waals surface area contributed by atoms with Gasteiger partial charge in [0.05, 0.1) is 0 Å². The van der Waals surface area contributed by atoms with Gasteiger partial charge in [-0.25, -0.2) is 4.79 Å². The molecule has 0 amide bonds. The van der Waals surface area contributed by atoms with Gasteiger partial charge in [-0.3, -0.25) is 4.90 Å². The molecule has 2 fully saturated rings. The Labute approximate surface area is 100 Å². The van der Waals surface area contributed by atoms with Crippen LogP contribution in [0, 0.1) is 0 Å². The molecule has 4 heteroatoms. The molecule has 0 bridgehead atoms. The summed E-state index contributed by atoms with van der Waals surface area (Å²) in [4.78, 5) is 13.3. The molecule has 2 aliphatic rings. The lowest BCUT2D eigenvalue weighted by atomic mass is 10.0. The highest BCUT2D eigenvalue weighted by atomic mass is 16.8. The monoisotopic (exact) mass is 233 g/mol. The first-order valence-electron chi connectivity index (χ1n) is 5.95. The van der Waals surface area contributed by atoms with Gasteiger partial charge in [-0.2, -0.15) is 0 Å². The second-order valence-electron chi connectivity index (χ2n) is 4.57. The number of benzene rings is 1. The Morgan fingerprint density at radius 1 is 1.18 bits per heavy atom. The van der Waals surface area contributed by atoms with Gasteiger partial charge in [0.1, 0.15) is 6.10 Å². The molecule has 0 N–H and O–H groups in total. The molecule has 1 aromatic rings. The average Bonchev–Trinajstić information content (AvgIpc) is 2.70. The quantitative estimate of drug-likeness (QED) is 0.730. The van der Waals surface area contributed by atoms with E-state index in [9.17, 15) is 4.79 Å². The Hall–Kier alpha value is -1.55. The lowest BCUT2D eigenvalue weighted by molar-refractivity contribution is 0.0490. The van der Waals surface area contributed by atoms with Crippen molar-refractivity contribution in [2.75, 3.05) is 13.1 Å². The smallest absolute Gasteiger partial charge is 0.427 e. The number of nitrogens with zero attached hydrogens (tertiary/aromatic N) is 1. The molecular weight excluding hydrogens is 218 g/mol. The van der Waals surface area contributed by atoms with Crippen molar-refractivity contribution in [1.82, 2.24) is 4.90 Å².